The van der Waals surface area contributed by atoms with Gasteiger partial charge in [-0.15, -0.1) is 0 Å². The van der Waals surface area contributed by atoms with Crippen LogP contribution in [0, 0.1) is 10.1 Å². The molecule has 0 aromatic heterocycles. The van der Waals surface area contributed by atoms with E-state index in [0.29, 0.717) is 0 Å². The lowest BCUT2D eigenvalue weighted by molar-refractivity contribution is -0.500. The zero-order valence-corrected chi connectivity index (χ0v) is 9.49. The summed E-state index contributed by atoms with van der Waals surface area (Å²) >= 11 is 0. The normalized spacial score (nSPS) is 22.5. The molecule has 1 aliphatic rings. The van der Waals surface area contributed by atoms with E-state index in [1.807, 2.05) is 0 Å². The Kier molecular flexibility index (Phi) is 3.77. The quantitative estimate of drug-likeness (QED) is 0.523. The Hall–Kier alpha value is -1.99. The molecule has 1 heterocycles. The second-order valence-electron chi connectivity index (χ2n) is 3.95. The number of carboxylic acids is 1. The van der Waals surface area contributed by atoms with Crippen LogP contribution in [0.1, 0.15) is 13.8 Å². The van der Waals surface area contributed by atoms with Crippen molar-refractivity contribution in [1.82, 2.24) is 4.90 Å². The summed E-state index contributed by atoms with van der Waals surface area (Å²) in [5.41, 5.74) is -0.272. The first-order valence-electron chi connectivity index (χ1n) is 5.05. The fourth-order valence-corrected chi connectivity index (χ4v) is 1.58. The maximum Gasteiger partial charge on any atom is 0.325 e. The van der Waals surface area contributed by atoms with Gasteiger partial charge in [0, 0.05) is 11.0 Å². The molecule has 17 heavy (non-hydrogen) atoms. The van der Waals surface area contributed by atoms with Gasteiger partial charge >= 0.3 is 5.97 Å². The van der Waals surface area contributed by atoms with Crippen molar-refractivity contribution in [2.75, 3.05) is 13.1 Å². The Morgan fingerprint density at radius 2 is 2.29 bits per heavy atom. The van der Waals surface area contributed by atoms with Crippen LogP contribution < -0.4 is 0 Å². The number of hydrogen-bond acceptors (Lipinski definition) is 5. The van der Waals surface area contributed by atoms with Crippen LogP contribution in [0.3, 0.4) is 0 Å². The molecule has 1 saturated heterocycles. The van der Waals surface area contributed by atoms with E-state index in [-0.39, 0.29) is 18.3 Å². The van der Waals surface area contributed by atoms with Gasteiger partial charge in [0.25, 0.3) is 11.9 Å². The molecule has 1 atom stereocenters. The molecule has 0 spiro atoms. The van der Waals surface area contributed by atoms with E-state index in [9.17, 15) is 19.7 Å². The second kappa shape index (κ2) is 4.89. The summed E-state index contributed by atoms with van der Waals surface area (Å²) in [6, 6.07) is -1.41. The van der Waals surface area contributed by atoms with Crippen LogP contribution in [0.4, 0.5) is 0 Å². The average Bonchev–Trinajstić information content (AvgIpc) is 2.52. The highest BCUT2D eigenvalue weighted by Gasteiger charge is 2.45. The minimum Gasteiger partial charge on any atom is -0.480 e. The van der Waals surface area contributed by atoms with Crippen molar-refractivity contribution in [3.8, 4) is 0 Å². The highest BCUT2D eigenvalue weighted by Crippen LogP contribution is 2.15. The Morgan fingerprint density at radius 3 is 2.71 bits per heavy atom. The molecule has 8 nitrogen and oxygen atoms in total. The van der Waals surface area contributed by atoms with E-state index < -0.39 is 29.4 Å². The van der Waals surface area contributed by atoms with Gasteiger partial charge in [-0.1, -0.05) is 0 Å². The number of likely N-dealkylation sites (tertiary alicyclic amines) is 1. The number of hydrogen-bond donors (Lipinski definition) is 1. The van der Waals surface area contributed by atoms with Crippen LogP contribution in [0.2, 0.25) is 0 Å². The molecule has 8 heteroatoms. The van der Waals surface area contributed by atoms with Gasteiger partial charge in [0.05, 0.1) is 6.54 Å². The SMILES string of the molecule is CC(C)N1CC([N+](=O)[O-])C(=NCC(=O)O)C1=O. The summed E-state index contributed by atoms with van der Waals surface area (Å²) in [5, 5.41) is 19.2. The van der Waals surface area contributed by atoms with Crippen LogP contribution in [-0.2, 0) is 9.59 Å². The maximum atomic E-state index is 11.8. The topological polar surface area (TPSA) is 113 Å². The number of carbonyl (C=O) groups excluding carboxylic acids is 1. The lowest BCUT2D eigenvalue weighted by Gasteiger charge is -2.18. The van der Waals surface area contributed by atoms with Gasteiger partial charge in [-0.2, -0.15) is 0 Å². The van der Waals surface area contributed by atoms with Crippen LogP contribution in [-0.4, -0.2) is 57.7 Å². The number of rotatable bonds is 4. The smallest absolute Gasteiger partial charge is 0.325 e. The first kappa shape index (κ1) is 13.1. The monoisotopic (exact) mass is 243 g/mol. The third kappa shape index (κ3) is 2.77. The molecule has 1 rings (SSSR count). The van der Waals surface area contributed by atoms with Crippen LogP contribution in [0.5, 0.6) is 0 Å². The van der Waals surface area contributed by atoms with Crippen molar-refractivity contribution in [2.45, 2.75) is 25.9 Å². The molecule has 1 fully saturated rings. The minimum atomic E-state index is -1.23. The minimum absolute atomic E-state index is 0.0536. The fourth-order valence-electron chi connectivity index (χ4n) is 1.58. The number of aliphatic imine (C=N–C) groups is 1. The summed E-state index contributed by atoms with van der Waals surface area (Å²) < 4.78 is 0. The van der Waals surface area contributed by atoms with Crippen molar-refractivity contribution < 1.29 is 19.6 Å². The lowest BCUT2D eigenvalue weighted by Crippen LogP contribution is -2.34. The van der Waals surface area contributed by atoms with E-state index in [2.05, 4.69) is 4.99 Å². The molecule has 0 saturated carbocycles. The van der Waals surface area contributed by atoms with Gasteiger partial charge in [-0.05, 0) is 13.8 Å². The van der Waals surface area contributed by atoms with Crippen molar-refractivity contribution in [3.05, 3.63) is 10.1 Å². The van der Waals surface area contributed by atoms with Crippen LogP contribution in [0.25, 0.3) is 0 Å². The standard InChI is InChI=1S/C9H13N3O5/c1-5(2)11-4-6(12(16)17)8(9(11)15)10-3-7(13)14/h5-6H,3-4H2,1-2H3,(H,13,14). The summed E-state index contributed by atoms with van der Waals surface area (Å²) in [7, 11) is 0. The first-order chi connectivity index (χ1) is 7.84. The number of aliphatic carboxylic acids is 1. The molecule has 1 N–H and O–H groups in total. The van der Waals surface area contributed by atoms with Gasteiger partial charge < -0.3 is 10.0 Å². The van der Waals surface area contributed by atoms with Crippen molar-refractivity contribution in [1.29, 1.82) is 0 Å². The molecule has 1 aliphatic heterocycles. The lowest BCUT2D eigenvalue weighted by atomic mass is 10.2. The van der Waals surface area contributed by atoms with Crippen LogP contribution in [0.15, 0.2) is 4.99 Å². The third-order valence-corrected chi connectivity index (χ3v) is 2.43. The number of carbonyl (C=O) groups is 2. The Labute approximate surface area is 97.1 Å². The highest BCUT2D eigenvalue weighted by molar-refractivity contribution is 6.42. The molecule has 0 aliphatic carbocycles. The summed E-state index contributed by atoms with van der Waals surface area (Å²) in [4.78, 5) is 37.1. The summed E-state index contributed by atoms with van der Waals surface area (Å²) in [6.45, 7) is 2.78. The molecule has 0 aromatic rings. The Morgan fingerprint density at radius 1 is 1.71 bits per heavy atom. The van der Waals surface area contributed by atoms with Gasteiger partial charge in [0.2, 0.25) is 0 Å². The van der Waals surface area contributed by atoms with Crippen LogP contribution >= 0.6 is 0 Å². The highest BCUT2D eigenvalue weighted by atomic mass is 16.6. The second-order valence-corrected chi connectivity index (χ2v) is 3.95. The fraction of sp³-hybridized carbons (Fsp3) is 0.667. The van der Waals surface area contributed by atoms with E-state index in [1.165, 1.54) is 4.90 Å². The zero-order chi connectivity index (χ0) is 13.2. The van der Waals surface area contributed by atoms with Crippen molar-refractivity contribution in [2.24, 2.45) is 4.99 Å². The molecular weight excluding hydrogens is 230 g/mol. The van der Waals surface area contributed by atoms with Gasteiger partial charge in [-0.3, -0.25) is 24.7 Å². The Balaban J connectivity index is 2.98. The molecule has 1 amide bonds. The summed E-state index contributed by atoms with van der Waals surface area (Å²) in [5.74, 6) is -1.78. The predicted octanol–water partition coefficient (Wildman–Crippen LogP) is -0.592. The Bertz CT molecular complexity index is 390. The molecule has 0 bridgehead atoms. The molecule has 0 radical (unpaired) electrons. The first-order valence-corrected chi connectivity index (χ1v) is 5.05. The maximum absolute atomic E-state index is 11.8. The van der Waals surface area contributed by atoms with E-state index in [0.717, 1.165) is 0 Å². The number of nitro groups is 1. The van der Waals surface area contributed by atoms with Crippen molar-refractivity contribution in [3.63, 3.8) is 0 Å². The van der Waals surface area contributed by atoms with Gasteiger partial charge in [0.1, 0.15) is 6.54 Å². The molecule has 1 unspecified atom stereocenters. The summed E-state index contributed by atoms with van der Waals surface area (Å²) in [6.07, 6.45) is 0. The van der Waals surface area contributed by atoms with Gasteiger partial charge in [0.15, 0.2) is 5.71 Å². The van der Waals surface area contributed by atoms with Gasteiger partial charge in [-0.25, -0.2) is 0 Å². The van der Waals surface area contributed by atoms with E-state index in [1.54, 1.807) is 13.8 Å². The molecule has 94 valence electrons. The van der Waals surface area contributed by atoms with Crippen molar-refractivity contribution >= 4 is 17.6 Å². The zero-order valence-electron chi connectivity index (χ0n) is 9.49. The number of carboxylic acid groups (broad SMARTS) is 1. The molecular formula is C9H13N3O5. The predicted molar refractivity (Wildman–Crippen MR) is 57.6 cm³/mol. The largest absolute Gasteiger partial charge is 0.480 e. The van der Waals surface area contributed by atoms with E-state index >= 15 is 0 Å². The van der Waals surface area contributed by atoms with E-state index in [4.69, 9.17) is 5.11 Å². The average molecular weight is 243 g/mol. The number of amides is 1. The number of nitrogens with zero attached hydrogens (tertiary/aromatic N) is 3. The molecule has 0 aromatic carbocycles. The third-order valence-electron chi connectivity index (χ3n) is 2.43.